The van der Waals surface area contributed by atoms with Crippen molar-refractivity contribution in [1.82, 2.24) is 14.8 Å². The van der Waals surface area contributed by atoms with Crippen molar-refractivity contribution in [3.05, 3.63) is 69.8 Å². The molecule has 29 heavy (non-hydrogen) atoms. The molecule has 0 saturated carbocycles. The molecule has 2 atom stereocenters. The first-order valence-corrected chi connectivity index (χ1v) is 10.9. The van der Waals surface area contributed by atoms with Gasteiger partial charge in [0, 0.05) is 34.0 Å². The molecule has 0 aliphatic carbocycles. The number of urea groups is 1. The van der Waals surface area contributed by atoms with Gasteiger partial charge in [-0.2, -0.15) is 0 Å². The monoisotopic (exact) mass is 451 g/mol. The van der Waals surface area contributed by atoms with Gasteiger partial charge in [0.2, 0.25) is 0 Å². The van der Waals surface area contributed by atoms with Gasteiger partial charge in [0.05, 0.1) is 0 Å². The van der Waals surface area contributed by atoms with E-state index in [1.165, 1.54) is 4.90 Å². The van der Waals surface area contributed by atoms with E-state index < -0.39 is 6.04 Å². The largest absolute Gasteiger partial charge is 0.356 e. The summed E-state index contributed by atoms with van der Waals surface area (Å²) in [4.78, 5) is 33.3. The molecule has 3 aromatic rings. The molecule has 2 aliphatic heterocycles. The maximum Gasteiger partial charge on any atom is 0.328 e. The third-order valence-corrected chi connectivity index (χ3v) is 6.58. The molecule has 5 nitrogen and oxygen atoms in total. The Morgan fingerprint density at radius 1 is 1.10 bits per heavy atom. The zero-order chi connectivity index (χ0) is 20.1. The molecule has 148 valence electrons. The molecule has 5 rings (SSSR count). The normalized spacial score (nSPS) is 21.0. The second-order valence-corrected chi connectivity index (χ2v) is 8.69. The first-order valence-electron chi connectivity index (χ1n) is 10.1. The van der Waals surface area contributed by atoms with Gasteiger partial charge in [-0.15, -0.1) is 0 Å². The fraction of sp³-hybridized carbons (Fsp3) is 0.304. The molecule has 1 fully saturated rings. The van der Waals surface area contributed by atoms with E-state index in [1.54, 1.807) is 4.90 Å². The predicted molar refractivity (Wildman–Crippen MR) is 116 cm³/mol. The van der Waals surface area contributed by atoms with Gasteiger partial charge in [-0.3, -0.25) is 14.6 Å². The molecule has 3 amide bonds. The molecule has 1 saturated heterocycles. The molecule has 2 aliphatic rings. The van der Waals surface area contributed by atoms with Gasteiger partial charge in [-0.1, -0.05) is 59.6 Å². The van der Waals surface area contributed by atoms with Crippen molar-refractivity contribution in [3.8, 4) is 0 Å². The van der Waals surface area contributed by atoms with Gasteiger partial charge in [0.25, 0.3) is 5.91 Å². The Balaban J connectivity index is 1.68. The number of benzene rings is 2. The minimum Gasteiger partial charge on any atom is -0.356 e. The Morgan fingerprint density at radius 2 is 1.86 bits per heavy atom. The Kier molecular flexibility index (Phi) is 4.46. The van der Waals surface area contributed by atoms with Crippen LogP contribution in [0.15, 0.2) is 53.0 Å². The minimum absolute atomic E-state index is 0.0681. The van der Waals surface area contributed by atoms with Gasteiger partial charge in [0.1, 0.15) is 12.1 Å². The standard InChI is InChI=1S/C23H22BrN3O2/c1-2-3-12-26-22(28)19-13-17-16-6-4-5-7-18(16)25-20(17)21(27(19)23(26)29)14-8-10-15(24)11-9-14/h4-11,19,21,25H,2-3,12-13H2,1H3/t19-,21-/m1/s1. The van der Waals surface area contributed by atoms with E-state index in [1.807, 2.05) is 36.4 Å². The van der Waals surface area contributed by atoms with Crippen LogP contribution in [0.2, 0.25) is 0 Å². The van der Waals surface area contributed by atoms with Crippen LogP contribution in [0.4, 0.5) is 4.79 Å². The zero-order valence-corrected chi connectivity index (χ0v) is 17.8. The fourth-order valence-electron chi connectivity index (χ4n) is 4.64. The molecule has 0 radical (unpaired) electrons. The fourth-order valence-corrected chi connectivity index (χ4v) is 4.91. The molecular formula is C23H22BrN3O2. The number of carbonyl (C=O) groups excluding carboxylic acids is 2. The molecule has 1 aromatic heterocycles. The van der Waals surface area contributed by atoms with Gasteiger partial charge in [0.15, 0.2) is 0 Å². The summed E-state index contributed by atoms with van der Waals surface area (Å²) < 4.78 is 0.985. The van der Waals surface area contributed by atoms with Gasteiger partial charge in [-0.25, -0.2) is 4.79 Å². The highest BCUT2D eigenvalue weighted by molar-refractivity contribution is 9.10. The van der Waals surface area contributed by atoms with Crippen LogP contribution in [0.25, 0.3) is 10.9 Å². The number of hydrogen-bond donors (Lipinski definition) is 1. The summed E-state index contributed by atoms with van der Waals surface area (Å²) in [7, 11) is 0. The highest BCUT2D eigenvalue weighted by Gasteiger charge is 2.52. The number of amides is 3. The van der Waals surface area contributed by atoms with Crippen molar-refractivity contribution in [3.63, 3.8) is 0 Å². The van der Waals surface area contributed by atoms with Crippen LogP contribution < -0.4 is 0 Å². The van der Waals surface area contributed by atoms with Crippen LogP contribution in [0.1, 0.15) is 42.6 Å². The van der Waals surface area contributed by atoms with Crippen LogP contribution in [0, 0.1) is 0 Å². The maximum atomic E-state index is 13.3. The average Bonchev–Trinajstić information content (AvgIpc) is 3.21. The molecule has 2 aromatic carbocycles. The summed E-state index contributed by atoms with van der Waals surface area (Å²) in [5, 5.41) is 1.14. The average molecular weight is 452 g/mol. The van der Waals surface area contributed by atoms with Crippen molar-refractivity contribution in [2.75, 3.05) is 6.54 Å². The molecule has 0 bridgehead atoms. The molecule has 6 heteroatoms. The number of rotatable bonds is 4. The lowest BCUT2D eigenvalue weighted by Crippen LogP contribution is -2.44. The zero-order valence-electron chi connectivity index (χ0n) is 16.2. The summed E-state index contributed by atoms with van der Waals surface area (Å²) in [5.74, 6) is -0.0681. The minimum atomic E-state index is -0.445. The second-order valence-electron chi connectivity index (χ2n) is 7.77. The number of aromatic amines is 1. The number of imide groups is 1. The quantitative estimate of drug-likeness (QED) is 0.566. The topological polar surface area (TPSA) is 56.4 Å². The number of halogens is 1. The molecule has 0 unspecified atom stereocenters. The van der Waals surface area contributed by atoms with E-state index in [2.05, 4.69) is 40.0 Å². The lowest BCUT2D eigenvalue weighted by Gasteiger charge is -2.36. The summed E-state index contributed by atoms with van der Waals surface area (Å²) in [6.07, 6.45) is 2.33. The molecule has 0 spiro atoms. The van der Waals surface area contributed by atoms with E-state index in [0.29, 0.717) is 13.0 Å². The van der Waals surface area contributed by atoms with Crippen LogP contribution in [0.3, 0.4) is 0 Å². The number of nitrogens with zero attached hydrogens (tertiary/aromatic N) is 2. The Bertz CT molecular complexity index is 1110. The first-order chi connectivity index (χ1) is 14.1. The highest BCUT2D eigenvalue weighted by Crippen LogP contribution is 2.44. The van der Waals surface area contributed by atoms with E-state index >= 15 is 0 Å². The third-order valence-electron chi connectivity index (χ3n) is 6.06. The van der Waals surface area contributed by atoms with Crippen molar-refractivity contribution in [2.24, 2.45) is 0 Å². The Hall–Kier alpha value is -2.60. The number of H-pyrrole nitrogens is 1. The lowest BCUT2D eigenvalue weighted by atomic mass is 9.89. The van der Waals surface area contributed by atoms with E-state index in [0.717, 1.165) is 45.0 Å². The number of fused-ring (bicyclic) bond motifs is 4. The van der Waals surface area contributed by atoms with Crippen molar-refractivity contribution >= 4 is 38.8 Å². The third kappa shape index (κ3) is 2.81. The highest BCUT2D eigenvalue weighted by atomic mass is 79.9. The number of aromatic nitrogens is 1. The predicted octanol–water partition coefficient (Wildman–Crippen LogP) is 5.01. The van der Waals surface area contributed by atoms with Crippen LogP contribution in [-0.4, -0.2) is 39.3 Å². The number of hydrogen-bond acceptors (Lipinski definition) is 2. The smallest absolute Gasteiger partial charge is 0.328 e. The molecule has 1 N–H and O–H groups in total. The van der Waals surface area contributed by atoms with Crippen molar-refractivity contribution in [2.45, 2.75) is 38.3 Å². The number of nitrogens with one attached hydrogen (secondary N) is 1. The summed E-state index contributed by atoms with van der Waals surface area (Å²) in [6.45, 7) is 2.56. The second kappa shape index (κ2) is 7.02. The van der Waals surface area contributed by atoms with Crippen molar-refractivity contribution in [1.29, 1.82) is 0 Å². The first kappa shape index (κ1) is 18.4. The summed E-state index contributed by atoms with van der Waals surface area (Å²) >= 11 is 3.49. The SMILES string of the molecule is CCCCN1C(=O)[C@H]2Cc3c([nH]c4ccccc34)[C@@H](c3ccc(Br)cc3)N2C1=O. The Morgan fingerprint density at radius 3 is 2.62 bits per heavy atom. The number of para-hydroxylation sites is 1. The van der Waals surface area contributed by atoms with Crippen LogP contribution in [0.5, 0.6) is 0 Å². The summed E-state index contributed by atoms with van der Waals surface area (Å²) in [6, 6.07) is 15.3. The summed E-state index contributed by atoms with van der Waals surface area (Å²) in [5.41, 5.74) is 4.21. The molecular weight excluding hydrogens is 430 g/mol. The lowest BCUT2D eigenvalue weighted by molar-refractivity contribution is -0.128. The molecule has 3 heterocycles. The Labute approximate surface area is 177 Å². The van der Waals surface area contributed by atoms with Crippen LogP contribution in [-0.2, 0) is 11.2 Å². The van der Waals surface area contributed by atoms with Gasteiger partial charge < -0.3 is 4.98 Å². The van der Waals surface area contributed by atoms with Gasteiger partial charge in [-0.05, 0) is 35.7 Å². The maximum absolute atomic E-state index is 13.3. The van der Waals surface area contributed by atoms with E-state index in [4.69, 9.17) is 0 Å². The van der Waals surface area contributed by atoms with Crippen LogP contribution >= 0.6 is 15.9 Å². The van der Waals surface area contributed by atoms with Gasteiger partial charge >= 0.3 is 6.03 Å². The van der Waals surface area contributed by atoms with Crippen molar-refractivity contribution < 1.29 is 9.59 Å². The number of carbonyl (C=O) groups is 2. The van der Waals surface area contributed by atoms with E-state index in [9.17, 15) is 9.59 Å². The number of unbranched alkanes of at least 4 members (excludes halogenated alkanes) is 1. The van der Waals surface area contributed by atoms with E-state index in [-0.39, 0.29) is 18.0 Å².